The summed E-state index contributed by atoms with van der Waals surface area (Å²) < 4.78 is 26.1. The summed E-state index contributed by atoms with van der Waals surface area (Å²) in [6.07, 6.45) is 19.6. The van der Waals surface area contributed by atoms with Gasteiger partial charge in [-0.25, -0.2) is 4.57 Å². The van der Waals surface area contributed by atoms with Crippen LogP contribution in [0.15, 0.2) is 0 Å². The van der Waals surface area contributed by atoms with E-state index in [0.29, 0.717) is 12.8 Å². The first-order valence-corrected chi connectivity index (χ1v) is 14.9. The first kappa shape index (κ1) is 33.4. The maximum Gasteiger partial charge on any atom is 0.327 e. The Balaban J connectivity index is 3.84. The van der Waals surface area contributed by atoms with Crippen molar-refractivity contribution >= 4 is 33.3 Å². The van der Waals surface area contributed by atoms with Crippen LogP contribution in [-0.4, -0.2) is 37.0 Å². The first-order valence-electron chi connectivity index (χ1n) is 13.5. The molecule has 0 saturated carbocycles. The van der Waals surface area contributed by atoms with Crippen molar-refractivity contribution in [1.29, 1.82) is 0 Å². The van der Waals surface area contributed by atoms with Gasteiger partial charge in [0.1, 0.15) is 13.2 Å². The lowest BCUT2D eigenvalue weighted by Crippen LogP contribution is -2.28. The molecule has 0 aromatic carbocycles. The van der Waals surface area contributed by atoms with Crippen LogP contribution in [0.3, 0.4) is 0 Å². The number of carbonyl (C=O) groups excluding carboxylic acids is 2. The molecule has 34 heavy (non-hydrogen) atoms. The van der Waals surface area contributed by atoms with Crippen LogP contribution >= 0.6 is 21.3 Å². The summed E-state index contributed by atoms with van der Waals surface area (Å²) in [6, 6.07) is 0. The summed E-state index contributed by atoms with van der Waals surface area (Å²) >= 11 is 4.22. The topological polar surface area (TPSA) is 78.9 Å². The Hall–Kier alpha value is -0.650. The van der Waals surface area contributed by atoms with Gasteiger partial charge in [0.15, 0.2) is 6.10 Å². The quantitative estimate of drug-likeness (QED) is 0.0538. The van der Waals surface area contributed by atoms with Crippen LogP contribution in [-0.2, 0) is 28.2 Å². The Morgan fingerprint density at radius 3 is 1.65 bits per heavy atom. The van der Waals surface area contributed by atoms with Gasteiger partial charge in [-0.15, -0.1) is 0 Å². The van der Waals surface area contributed by atoms with Crippen molar-refractivity contribution in [3.05, 3.63) is 0 Å². The van der Waals surface area contributed by atoms with Crippen LogP contribution in [0.5, 0.6) is 0 Å². The number of ether oxygens (including phenoxy) is 2. The lowest BCUT2D eigenvalue weighted by atomic mass is 10.1. The first-order chi connectivity index (χ1) is 16.6. The standard InChI is InChI=1S/C26H49O6PS/c1-2-3-4-5-6-10-14-17-20-26(28)32-24(23-31-33-29)22-30-25(27)19-16-13-11-8-7-9-12-15-18-21-34/h24,34H,2-23H2,1H3/t24-/m0/s1. The summed E-state index contributed by atoms with van der Waals surface area (Å²) in [7, 11) is -0.486. The minimum Gasteiger partial charge on any atom is -0.462 e. The summed E-state index contributed by atoms with van der Waals surface area (Å²) in [5.74, 6) is 0.351. The SMILES string of the molecule is CCCCCCCCCCC(=O)O[C@H](COP=O)COC(=O)CCCCCCCCCCCS. The minimum atomic E-state index is -0.727. The molecule has 0 heterocycles. The van der Waals surface area contributed by atoms with Gasteiger partial charge in [0.05, 0.1) is 0 Å². The maximum absolute atomic E-state index is 12.1. The second kappa shape index (κ2) is 26.9. The van der Waals surface area contributed by atoms with Crippen molar-refractivity contribution in [2.24, 2.45) is 0 Å². The summed E-state index contributed by atoms with van der Waals surface area (Å²) in [5, 5.41) is 0. The monoisotopic (exact) mass is 520 g/mol. The average molecular weight is 521 g/mol. The maximum atomic E-state index is 12.1. The number of hydrogen-bond donors (Lipinski definition) is 1. The van der Waals surface area contributed by atoms with Crippen LogP contribution in [0.2, 0.25) is 0 Å². The molecule has 8 heteroatoms. The van der Waals surface area contributed by atoms with Gasteiger partial charge in [0.2, 0.25) is 0 Å². The molecule has 1 atom stereocenters. The molecule has 0 radical (unpaired) electrons. The summed E-state index contributed by atoms with van der Waals surface area (Å²) in [6.45, 7) is 2.08. The molecule has 0 N–H and O–H groups in total. The van der Waals surface area contributed by atoms with Crippen LogP contribution in [0.4, 0.5) is 0 Å². The van der Waals surface area contributed by atoms with Gasteiger partial charge in [-0.05, 0) is 25.0 Å². The third kappa shape index (κ3) is 24.5. The molecule has 0 rings (SSSR count). The van der Waals surface area contributed by atoms with Crippen molar-refractivity contribution in [3.8, 4) is 0 Å². The number of unbranched alkanes of at least 4 members (excludes halogenated alkanes) is 15. The summed E-state index contributed by atoms with van der Waals surface area (Å²) in [5.41, 5.74) is 0. The highest BCUT2D eigenvalue weighted by Gasteiger charge is 2.17. The van der Waals surface area contributed by atoms with Crippen molar-refractivity contribution in [2.45, 2.75) is 135 Å². The van der Waals surface area contributed by atoms with Crippen molar-refractivity contribution < 1.29 is 28.2 Å². The zero-order chi connectivity index (χ0) is 25.1. The molecule has 0 spiro atoms. The molecule has 0 fully saturated rings. The fourth-order valence-electron chi connectivity index (χ4n) is 3.75. The molecule has 0 saturated heterocycles. The van der Waals surface area contributed by atoms with E-state index >= 15 is 0 Å². The fraction of sp³-hybridized carbons (Fsp3) is 0.923. The lowest BCUT2D eigenvalue weighted by molar-refractivity contribution is -0.160. The molecule has 0 unspecified atom stereocenters. The number of carbonyl (C=O) groups is 2. The minimum absolute atomic E-state index is 0.0600. The van der Waals surface area contributed by atoms with E-state index in [-0.39, 0.29) is 25.2 Å². The predicted molar refractivity (Wildman–Crippen MR) is 142 cm³/mol. The van der Waals surface area contributed by atoms with Crippen LogP contribution in [0, 0.1) is 0 Å². The van der Waals surface area contributed by atoms with Crippen LogP contribution in [0.25, 0.3) is 0 Å². The Labute approximate surface area is 215 Å². The average Bonchev–Trinajstić information content (AvgIpc) is 2.83. The van der Waals surface area contributed by atoms with Gasteiger partial charge in [0.25, 0.3) is 0 Å². The van der Waals surface area contributed by atoms with E-state index in [1.807, 2.05) is 0 Å². The molecular formula is C26H49O6PS. The van der Waals surface area contributed by atoms with E-state index in [1.54, 1.807) is 0 Å². The normalized spacial score (nSPS) is 12.1. The van der Waals surface area contributed by atoms with Crippen molar-refractivity contribution in [2.75, 3.05) is 19.0 Å². The number of rotatable bonds is 26. The van der Waals surface area contributed by atoms with E-state index in [9.17, 15) is 14.2 Å². The highest BCUT2D eigenvalue weighted by molar-refractivity contribution is 7.80. The number of thiol groups is 1. The smallest absolute Gasteiger partial charge is 0.327 e. The Kier molecular flexibility index (Phi) is 26.4. The van der Waals surface area contributed by atoms with E-state index in [2.05, 4.69) is 19.6 Å². The molecule has 0 aromatic heterocycles. The van der Waals surface area contributed by atoms with E-state index in [4.69, 9.17) is 14.0 Å². The molecule has 6 nitrogen and oxygen atoms in total. The highest BCUT2D eigenvalue weighted by atomic mass is 32.1. The Morgan fingerprint density at radius 2 is 1.15 bits per heavy atom. The van der Waals surface area contributed by atoms with Crippen LogP contribution in [0.1, 0.15) is 129 Å². The second-order valence-corrected chi connectivity index (χ2v) is 9.90. The molecule has 0 bridgehead atoms. The van der Waals surface area contributed by atoms with E-state index < -0.39 is 14.8 Å². The third-order valence-electron chi connectivity index (χ3n) is 5.81. The third-order valence-corrected chi connectivity index (χ3v) is 6.39. The number of hydrogen-bond acceptors (Lipinski definition) is 7. The van der Waals surface area contributed by atoms with Gasteiger partial charge in [0, 0.05) is 12.8 Å². The molecule has 0 aromatic rings. The van der Waals surface area contributed by atoms with Crippen molar-refractivity contribution in [1.82, 2.24) is 0 Å². The van der Waals surface area contributed by atoms with E-state index in [1.165, 1.54) is 70.6 Å². The lowest BCUT2D eigenvalue weighted by Gasteiger charge is -2.16. The van der Waals surface area contributed by atoms with Gasteiger partial charge >= 0.3 is 20.6 Å². The predicted octanol–water partition coefficient (Wildman–Crippen LogP) is 8.03. The second-order valence-electron chi connectivity index (χ2n) is 9.05. The molecule has 0 aliphatic rings. The molecule has 0 aliphatic carbocycles. The summed E-state index contributed by atoms with van der Waals surface area (Å²) in [4.78, 5) is 24.1. The van der Waals surface area contributed by atoms with Gasteiger partial charge in [-0.1, -0.05) is 96.8 Å². The molecule has 200 valence electrons. The van der Waals surface area contributed by atoms with Crippen molar-refractivity contribution in [3.63, 3.8) is 0 Å². The Bertz CT molecular complexity index is 492. The fourth-order valence-corrected chi connectivity index (χ4v) is 4.21. The van der Waals surface area contributed by atoms with Gasteiger partial charge < -0.3 is 9.47 Å². The van der Waals surface area contributed by atoms with Gasteiger partial charge in [-0.3, -0.25) is 14.1 Å². The Morgan fingerprint density at radius 1 is 0.676 bits per heavy atom. The molecular weight excluding hydrogens is 471 g/mol. The zero-order valence-corrected chi connectivity index (χ0v) is 23.3. The van der Waals surface area contributed by atoms with E-state index in [0.717, 1.165) is 44.3 Å². The number of esters is 2. The highest BCUT2D eigenvalue weighted by Crippen LogP contribution is 2.13. The zero-order valence-electron chi connectivity index (χ0n) is 21.5. The molecule has 0 aliphatic heterocycles. The largest absolute Gasteiger partial charge is 0.462 e. The molecule has 0 amide bonds. The van der Waals surface area contributed by atoms with Gasteiger partial charge in [-0.2, -0.15) is 12.6 Å². The van der Waals surface area contributed by atoms with Crippen LogP contribution < -0.4 is 0 Å².